The van der Waals surface area contributed by atoms with Crippen molar-refractivity contribution in [2.24, 2.45) is 0 Å². The summed E-state index contributed by atoms with van der Waals surface area (Å²) in [5.74, 6) is 0. The highest BCUT2D eigenvalue weighted by atomic mass is 31.2. The second-order valence-corrected chi connectivity index (χ2v) is 11.8. The summed E-state index contributed by atoms with van der Waals surface area (Å²) in [5.41, 5.74) is 4.32. The van der Waals surface area contributed by atoms with Gasteiger partial charge in [0.1, 0.15) is 0 Å². The Balaban J connectivity index is 0.00000261. The van der Waals surface area contributed by atoms with Gasteiger partial charge in [-0.2, -0.15) is 0 Å². The van der Waals surface area contributed by atoms with Gasteiger partial charge in [-0.1, -0.05) is 91.0 Å². The molecule has 0 amide bonds. The summed E-state index contributed by atoms with van der Waals surface area (Å²) in [6.07, 6.45) is 3.75. The SMILES string of the molecule is CC[P+](CC)(CC)C(c1ccccc1)(c1ccccc1)c1ccccc1.[OH-]. The Morgan fingerprint density at radius 1 is 0.519 bits per heavy atom. The lowest BCUT2D eigenvalue weighted by atomic mass is 9.84. The predicted octanol–water partition coefficient (Wildman–Crippen LogP) is 6.88. The summed E-state index contributed by atoms with van der Waals surface area (Å²) in [5, 5.41) is -0.0466. The molecule has 1 N–H and O–H groups in total. The number of rotatable bonds is 7. The Kier molecular flexibility index (Phi) is 7.36. The van der Waals surface area contributed by atoms with Crippen LogP contribution < -0.4 is 0 Å². The van der Waals surface area contributed by atoms with Crippen LogP contribution in [0.25, 0.3) is 0 Å². The lowest BCUT2D eigenvalue weighted by molar-refractivity contribution is 0.824. The molecular formula is C25H31OP. The van der Waals surface area contributed by atoms with E-state index < -0.39 is 7.26 Å². The van der Waals surface area contributed by atoms with Gasteiger partial charge in [-0.25, -0.2) is 0 Å². The van der Waals surface area contributed by atoms with E-state index in [1.165, 1.54) is 35.2 Å². The topological polar surface area (TPSA) is 30.0 Å². The first-order valence-corrected chi connectivity index (χ1v) is 12.1. The summed E-state index contributed by atoms with van der Waals surface area (Å²) in [6, 6.07) is 33.7. The fraction of sp³-hybridized carbons (Fsp3) is 0.280. The van der Waals surface area contributed by atoms with Crippen LogP contribution in [-0.4, -0.2) is 24.0 Å². The first-order chi connectivity index (χ1) is 12.7. The van der Waals surface area contributed by atoms with E-state index in [0.717, 1.165) is 0 Å². The monoisotopic (exact) mass is 378 g/mol. The second kappa shape index (κ2) is 9.31. The molecule has 0 unspecified atom stereocenters. The van der Waals surface area contributed by atoms with E-state index in [0.29, 0.717) is 0 Å². The Labute approximate surface area is 165 Å². The molecule has 0 radical (unpaired) electrons. The van der Waals surface area contributed by atoms with Gasteiger partial charge < -0.3 is 5.48 Å². The summed E-state index contributed by atoms with van der Waals surface area (Å²) in [6.45, 7) is 7.22. The van der Waals surface area contributed by atoms with Crippen molar-refractivity contribution in [2.75, 3.05) is 18.5 Å². The standard InChI is InChI=1S/C25H30P.H2O/c1-4-26(5-2,6-3)25(22-16-10-7-11-17-22,23-18-12-8-13-19-23)24-20-14-9-15-21-24;/h7-21H,4-6H2,1-3H3;1H2/q+1;/p-1. The van der Waals surface area contributed by atoms with E-state index in [-0.39, 0.29) is 10.6 Å². The zero-order valence-electron chi connectivity index (χ0n) is 16.7. The number of hydrogen-bond acceptors (Lipinski definition) is 1. The molecule has 3 aromatic rings. The Bertz CT molecular complexity index is 691. The largest absolute Gasteiger partial charge is 0.870 e. The van der Waals surface area contributed by atoms with Crippen LogP contribution >= 0.6 is 7.26 Å². The van der Waals surface area contributed by atoms with E-state index in [1.54, 1.807) is 0 Å². The molecule has 0 aliphatic heterocycles. The second-order valence-electron chi connectivity index (χ2n) is 6.90. The molecule has 142 valence electrons. The van der Waals surface area contributed by atoms with Crippen molar-refractivity contribution < 1.29 is 5.48 Å². The average molecular weight is 378 g/mol. The van der Waals surface area contributed by atoms with Crippen molar-refractivity contribution in [1.29, 1.82) is 0 Å². The van der Waals surface area contributed by atoms with Gasteiger partial charge in [0.05, 0.1) is 18.5 Å². The highest BCUT2D eigenvalue weighted by Gasteiger charge is 2.57. The fourth-order valence-corrected chi connectivity index (χ4v) is 9.60. The predicted molar refractivity (Wildman–Crippen MR) is 120 cm³/mol. The van der Waals surface area contributed by atoms with Crippen molar-refractivity contribution in [1.82, 2.24) is 0 Å². The lowest BCUT2D eigenvalue weighted by Gasteiger charge is -2.45. The first kappa shape index (κ1) is 21.4. The molecule has 0 spiro atoms. The maximum absolute atomic E-state index is 2.41. The van der Waals surface area contributed by atoms with Crippen LogP contribution in [0, 0.1) is 0 Å². The third kappa shape index (κ3) is 3.47. The highest BCUT2D eigenvalue weighted by molar-refractivity contribution is 7.77. The van der Waals surface area contributed by atoms with E-state index >= 15 is 0 Å². The van der Waals surface area contributed by atoms with Gasteiger partial charge in [-0.15, -0.1) is 0 Å². The zero-order valence-corrected chi connectivity index (χ0v) is 17.6. The average Bonchev–Trinajstić information content (AvgIpc) is 2.74. The normalized spacial score (nSPS) is 11.7. The summed E-state index contributed by atoms with van der Waals surface area (Å²) in [4.78, 5) is 0. The minimum absolute atomic E-state index is 0. The Hall–Kier alpha value is -1.95. The number of hydrogen-bond donors (Lipinski definition) is 0. The van der Waals surface area contributed by atoms with Gasteiger partial charge >= 0.3 is 0 Å². The molecular weight excluding hydrogens is 347 g/mol. The molecule has 0 aliphatic carbocycles. The van der Waals surface area contributed by atoms with Crippen LogP contribution in [0.1, 0.15) is 37.5 Å². The van der Waals surface area contributed by atoms with Crippen molar-refractivity contribution in [3.63, 3.8) is 0 Å². The van der Waals surface area contributed by atoms with Crippen molar-refractivity contribution in [2.45, 2.75) is 25.9 Å². The smallest absolute Gasteiger partial charge is 0.154 e. The third-order valence-corrected chi connectivity index (χ3v) is 11.9. The van der Waals surface area contributed by atoms with E-state index in [2.05, 4.69) is 112 Å². The van der Waals surface area contributed by atoms with Crippen LogP contribution in [0.15, 0.2) is 91.0 Å². The fourth-order valence-electron chi connectivity index (χ4n) is 4.74. The van der Waals surface area contributed by atoms with Gasteiger partial charge in [0.25, 0.3) is 0 Å². The molecule has 2 heteroatoms. The molecule has 0 aliphatic rings. The minimum atomic E-state index is -1.35. The maximum atomic E-state index is 2.41. The van der Waals surface area contributed by atoms with E-state index in [4.69, 9.17) is 0 Å². The van der Waals surface area contributed by atoms with Gasteiger partial charge in [0.15, 0.2) is 5.16 Å². The molecule has 0 heterocycles. The minimum Gasteiger partial charge on any atom is -0.870 e. The van der Waals surface area contributed by atoms with Crippen molar-refractivity contribution in [3.05, 3.63) is 108 Å². The third-order valence-electron chi connectivity index (χ3n) is 6.10. The van der Waals surface area contributed by atoms with Gasteiger partial charge in [-0.3, -0.25) is 0 Å². The van der Waals surface area contributed by atoms with Crippen LogP contribution in [0.4, 0.5) is 0 Å². The van der Waals surface area contributed by atoms with Gasteiger partial charge in [0, 0.05) is 24.0 Å². The maximum Gasteiger partial charge on any atom is 0.154 e. The number of benzene rings is 3. The molecule has 27 heavy (non-hydrogen) atoms. The Morgan fingerprint density at radius 3 is 1.00 bits per heavy atom. The van der Waals surface area contributed by atoms with Gasteiger partial charge in [-0.05, 0) is 20.8 Å². The Morgan fingerprint density at radius 2 is 0.778 bits per heavy atom. The summed E-state index contributed by atoms with van der Waals surface area (Å²) in [7, 11) is -1.35. The molecule has 1 nitrogen and oxygen atoms in total. The quantitative estimate of drug-likeness (QED) is 0.325. The molecule has 0 fully saturated rings. The van der Waals surface area contributed by atoms with Crippen LogP contribution in [0.3, 0.4) is 0 Å². The van der Waals surface area contributed by atoms with E-state index in [1.807, 2.05) is 0 Å². The molecule has 3 aromatic carbocycles. The van der Waals surface area contributed by atoms with Crippen LogP contribution in [0.2, 0.25) is 0 Å². The lowest BCUT2D eigenvalue weighted by Crippen LogP contribution is -2.35. The molecule has 3 rings (SSSR count). The molecule has 0 bridgehead atoms. The summed E-state index contributed by atoms with van der Waals surface area (Å²) >= 11 is 0. The molecule has 0 saturated carbocycles. The van der Waals surface area contributed by atoms with Crippen molar-refractivity contribution >= 4 is 7.26 Å². The van der Waals surface area contributed by atoms with Crippen LogP contribution in [-0.2, 0) is 5.16 Å². The highest BCUT2D eigenvalue weighted by Crippen LogP contribution is 2.76. The van der Waals surface area contributed by atoms with Crippen molar-refractivity contribution in [3.8, 4) is 0 Å². The van der Waals surface area contributed by atoms with E-state index in [9.17, 15) is 0 Å². The molecule has 0 aromatic heterocycles. The molecule has 0 atom stereocenters. The zero-order chi connectivity index (χ0) is 18.5. The first-order valence-electron chi connectivity index (χ1n) is 9.78. The summed E-state index contributed by atoms with van der Waals surface area (Å²) < 4.78 is 0. The van der Waals surface area contributed by atoms with Gasteiger partial charge in [0.2, 0.25) is 0 Å². The molecule has 0 saturated heterocycles. The van der Waals surface area contributed by atoms with Crippen LogP contribution in [0.5, 0.6) is 0 Å².